The topological polar surface area (TPSA) is 58.6 Å². The van der Waals surface area contributed by atoms with Crippen molar-refractivity contribution in [2.45, 2.75) is 25.8 Å². The van der Waals surface area contributed by atoms with E-state index >= 15 is 0 Å². The Labute approximate surface area is 123 Å². The Bertz CT molecular complexity index is 521. The maximum atomic E-state index is 12.9. The first-order valence-electron chi connectivity index (χ1n) is 7.01. The van der Waals surface area contributed by atoms with Crippen LogP contribution in [0, 0.1) is 5.82 Å². The van der Waals surface area contributed by atoms with Gasteiger partial charge in [0, 0.05) is 19.5 Å². The van der Waals surface area contributed by atoms with E-state index in [1.54, 1.807) is 17.0 Å². The Kier molecular flexibility index (Phi) is 5.14. The van der Waals surface area contributed by atoms with E-state index in [4.69, 9.17) is 4.74 Å². The van der Waals surface area contributed by atoms with Gasteiger partial charge in [-0.25, -0.2) is 4.39 Å². The zero-order chi connectivity index (χ0) is 15.2. The number of amides is 2. The standard InChI is InChI=1S/C15H19FN2O3/c1-11(19)18-8-3-6-14(18)15(20)17-7-9-21-13-5-2-4-12(16)10-13/h2,4-5,10,14H,3,6-9H2,1H3,(H,17,20). The van der Waals surface area contributed by atoms with E-state index in [1.807, 2.05) is 0 Å². The van der Waals surface area contributed by atoms with E-state index in [0.29, 0.717) is 25.3 Å². The van der Waals surface area contributed by atoms with Gasteiger partial charge in [0.25, 0.3) is 0 Å². The first-order valence-corrected chi connectivity index (χ1v) is 7.01. The molecule has 114 valence electrons. The summed E-state index contributed by atoms with van der Waals surface area (Å²) in [6, 6.07) is 5.46. The number of hydrogen-bond acceptors (Lipinski definition) is 3. The quantitative estimate of drug-likeness (QED) is 0.834. The molecule has 0 aliphatic carbocycles. The van der Waals surface area contributed by atoms with Gasteiger partial charge in [0.15, 0.2) is 0 Å². The fourth-order valence-electron chi connectivity index (χ4n) is 2.43. The molecule has 0 spiro atoms. The van der Waals surface area contributed by atoms with Gasteiger partial charge in [-0.3, -0.25) is 9.59 Å². The number of hydrogen-bond donors (Lipinski definition) is 1. The van der Waals surface area contributed by atoms with Crippen molar-refractivity contribution < 1.29 is 18.7 Å². The Morgan fingerprint density at radius 3 is 3.00 bits per heavy atom. The van der Waals surface area contributed by atoms with Crippen LogP contribution in [0.1, 0.15) is 19.8 Å². The molecule has 0 radical (unpaired) electrons. The van der Waals surface area contributed by atoms with Gasteiger partial charge in [0.05, 0.1) is 6.54 Å². The summed E-state index contributed by atoms with van der Waals surface area (Å²) in [5.41, 5.74) is 0. The van der Waals surface area contributed by atoms with Crippen molar-refractivity contribution in [3.05, 3.63) is 30.1 Å². The molecule has 0 aromatic heterocycles. The molecule has 1 aliphatic heterocycles. The molecule has 1 unspecified atom stereocenters. The summed E-state index contributed by atoms with van der Waals surface area (Å²) in [7, 11) is 0. The summed E-state index contributed by atoms with van der Waals surface area (Å²) in [6.07, 6.45) is 1.54. The lowest BCUT2D eigenvalue weighted by molar-refractivity contribution is -0.136. The summed E-state index contributed by atoms with van der Waals surface area (Å²) in [6.45, 7) is 2.67. The fourth-order valence-corrected chi connectivity index (χ4v) is 2.43. The second kappa shape index (κ2) is 7.06. The third kappa shape index (κ3) is 4.18. The van der Waals surface area contributed by atoms with Crippen molar-refractivity contribution in [2.24, 2.45) is 0 Å². The number of halogens is 1. The van der Waals surface area contributed by atoms with Crippen LogP contribution < -0.4 is 10.1 Å². The Hall–Kier alpha value is -2.11. The highest BCUT2D eigenvalue weighted by Gasteiger charge is 2.31. The maximum Gasteiger partial charge on any atom is 0.242 e. The third-order valence-electron chi connectivity index (χ3n) is 3.43. The van der Waals surface area contributed by atoms with Gasteiger partial charge in [-0.15, -0.1) is 0 Å². The molecule has 1 heterocycles. The fraction of sp³-hybridized carbons (Fsp3) is 0.467. The molecule has 2 rings (SSSR count). The summed E-state index contributed by atoms with van der Waals surface area (Å²) in [5.74, 6) is -0.177. The normalized spacial score (nSPS) is 17.6. The van der Waals surface area contributed by atoms with Crippen molar-refractivity contribution in [2.75, 3.05) is 19.7 Å². The monoisotopic (exact) mass is 294 g/mol. The van der Waals surface area contributed by atoms with E-state index < -0.39 is 0 Å². The van der Waals surface area contributed by atoms with E-state index in [0.717, 1.165) is 6.42 Å². The van der Waals surface area contributed by atoms with E-state index in [2.05, 4.69) is 5.32 Å². The van der Waals surface area contributed by atoms with Crippen molar-refractivity contribution in [3.8, 4) is 5.75 Å². The van der Waals surface area contributed by atoms with Gasteiger partial charge in [-0.1, -0.05) is 6.07 Å². The summed E-state index contributed by atoms with van der Waals surface area (Å²) < 4.78 is 18.3. The van der Waals surface area contributed by atoms with E-state index in [9.17, 15) is 14.0 Å². The Morgan fingerprint density at radius 1 is 1.48 bits per heavy atom. The molecule has 5 nitrogen and oxygen atoms in total. The number of carbonyl (C=O) groups excluding carboxylic acids is 2. The molecule has 0 bridgehead atoms. The van der Waals surface area contributed by atoms with E-state index in [1.165, 1.54) is 19.1 Å². The lowest BCUT2D eigenvalue weighted by Crippen LogP contribution is -2.46. The number of nitrogens with one attached hydrogen (secondary N) is 1. The summed E-state index contributed by atoms with van der Waals surface area (Å²) >= 11 is 0. The lowest BCUT2D eigenvalue weighted by atomic mass is 10.2. The number of benzene rings is 1. The van der Waals surface area contributed by atoms with Crippen LogP contribution in [0.4, 0.5) is 4.39 Å². The molecule has 2 amide bonds. The Morgan fingerprint density at radius 2 is 2.29 bits per heavy atom. The molecular weight excluding hydrogens is 275 g/mol. The highest BCUT2D eigenvalue weighted by Crippen LogP contribution is 2.17. The van der Waals surface area contributed by atoms with Crippen LogP contribution in [-0.2, 0) is 9.59 Å². The molecule has 6 heteroatoms. The van der Waals surface area contributed by atoms with Gasteiger partial charge in [0.1, 0.15) is 24.2 Å². The average Bonchev–Trinajstić information content (AvgIpc) is 2.93. The number of nitrogens with zero attached hydrogens (tertiary/aromatic N) is 1. The van der Waals surface area contributed by atoms with Crippen LogP contribution >= 0.6 is 0 Å². The van der Waals surface area contributed by atoms with Crippen molar-refractivity contribution in [3.63, 3.8) is 0 Å². The Balaban J connectivity index is 1.73. The highest BCUT2D eigenvalue weighted by atomic mass is 19.1. The third-order valence-corrected chi connectivity index (χ3v) is 3.43. The van der Waals surface area contributed by atoms with Crippen LogP contribution in [0.3, 0.4) is 0 Å². The molecule has 1 aromatic rings. The molecule has 1 fully saturated rings. The van der Waals surface area contributed by atoms with Crippen molar-refractivity contribution in [1.82, 2.24) is 10.2 Å². The molecule has 1 saturated heterocycles. The smallest absolute Gasteiger partial charge is 0.242 e. The minimum Gasteiger partial charge on any atom is -0.492 e. The molecular formula is C15H19FN2O3. The molecule has 1 atom stereocenters. The van der Waals surface area contributed by atoms with Crippen LogP contribution in [-0.4, -0.2) is 42.5 Å². The molecule has 1 N–H and O–H groups in total. The number of carbonyl (C=O) groups is 2. The minimum atomic E-state index is -0.378. The molecule has 1 aliphatic rings. The van der Waals surface area contributed by atoms with E-state index in [-0.39, 0.29) is 30.3 Å². The van der Waals surface area contributed by atoms with Gasteiger partial charge in [-0.05, 0) is 25.0 Å². The first-order chi connectivity index (χ1) is 10.1. The van der Waals surface area contributed by atoms with Crippen LogP contribution in [0.25, 0.3) is 0 Å². The number of rotatable bonds is 5. The van der Waals surface area contributed by atoms with Crippen LogP contribution in [0.2, 0.25) is 0 Å². The second-order valence-electron chi connectivity index (χ2n) is 4.97. The SMILES string of the molecule is CC(=O)N1CCCC1C(=O)NCCOc1cccc(F)c1. The van der Waals surface area contributed by atoms with Crippen molar-refractivity contribution >= 4 is 11.8 Å². The van der Waals surface area contributed by atoms with Gasteiger partial charge < -0.3 is 15.0 Å². The van der Waals surface area contributed by atoms with Crippen LogP contribution in [0.15, 0.2) is 24.3 Å². The zero-order valence-electron chi connectivity index (χ0n) is 12.0. The summed E-state index contributed by atoms with van der Waals surface area (Å²) in [4.78, 5) is 25.0. The first kappa shape index (κ1) is 15.3. The van der Waals surface area contributed by atoms with Gasteiger partial charge in [0.2, 0.25) is 11.8 Å². The predicted octanol–water partition coefficient (Wildman–Crippen LogP) is 1.33. The zero-order valence-corrected chi connectivity index (χ0v) is 12.0. The largest absolute Gasteiger partial charge is 0.492 e. The lowest BCUT2D eigenvalue weighted by Gasteiger charge is -2.22. The molecule has 1 aromatic carbocycles. The van der Waals surface area contributed by atoms with Gasteiger partial charge >= 0.3 is 0 Å². The van der Waals surface area contributed by atoms with Crippen molar-refractivity contribution in [1.29, 1.82) is 0 Å². The average molecular weight is 294 g/mol. The highest BCUT2D eigenvalue weighted by molar-refractivity contribution is 5.87. The summed E-state index contributed by atoms with van der Waals surface area (Å²) in [5, 5.41) is 2.74. The second-order valence-corrected chi connectivity index (χ2v) is 4.97. The van der Waals surface area contributed by atoms with Crippen LogP contribution in [0.5, 0.6) is 5.75 Å². The molecule has 0 saturated carbocycles. The predicted molar refractivity (Wildman–Crippen MR) is 75.3 cm³/mol. The number of likely N-dealkylation sites (tertiary alicyclic amines) is 1. The van der Waals surface area contributed by atoms with Gasteiger partial charge in [-0.2, -0.15) is 0 Å². The number of ether oxygens (including phenoxy) is 1. The maximum absolute atomic E-state index is 12.9. The minimum absolute atomic E-state index is 0.0799. The molecule has 21 heavy (non-hydrogen) atoms.